The SMILES string of the molecule is CCN1CCC(C(=O)ON2C(=O)c3ccccc3C2=O)(c2ccccc2)CC1. The van der Waals surface area contributed by atoms with Crippen molar-refractivity contribution in [3.05, 3.63) is 71.3 Å². The number of hydroxylamine groups is 2. The molecule has 2 heterocycles. The number of carbonyl (C=O) groups is 3. The molecular formula is C22H22N2O4. The van der Waals surface area contributed by atoms with Crippen LogP contribution in [0.2, 0.25) is 0 Å². The number of hydrogen-bond acceptors (Lipinski definition) is 5. The van der Waals surface area contributed by atoms with E-state index in [4.69, 9.17) is 4.84 Å². The number of piperidine rings is 1. The molecule has 2 aliphatic heterocycles. The molecule has 144 valence electrons. The van der Waals surface area contributed by atoms with Crippen molar-refractivity contribution >= 4 is 17.8 Å². The van der Waals surface area contributed by atoms with Gasteiger partial charge in [-0.1, -0.05) is 54.5 Å². The van der Waals surface area contributed by atoms with Crippen LogP contribution >= 0.6 is 0 Å². The highest BCUT2D eigenvalue weighted by molar-refractivity contribution is 6.21. The molecule has 1 fully saturated rings. The van der Waals surface area contributed by atoms with E-state index in [0.29, 0.717) is 17.9 Å². The Labute approximate surface area is 163 Å². The van der Waals surface area contributed by atoms with Gasteiger partial charge in [0.1, 0.15) is 0 Å². The van der Waals surface area contributed by atoms with Crippen molar-refractivity contribution in [2.24, 2.45) is 0 Å². The van der Waals surface area contributed by atoms with Crippen molar-refractivity contribution in [1.29, 1.82) is 0 Å². The molecule has 0 unspecified atom stereocenters. The van der Waals surface area contributed by atoms with Crippen LogP contribution in [0.3, 0.4) is 0 Å². The summed E-state index contributed by atoms with van der Waals surface area (Å²) in [6.45, 7) is 4.51. The molecule has 2 aromatic carbocycles. The standard InChI is InChI=1S/C22H22N2O4/c1-2-23-14-12-22(13-15-23,16-8-4-3-5-9-16)21(27)28-24-19(25)17-10-6-7-11-18(17)20(24)26/h3-11H,2,12-15H2,1H3. The summed E-state index contributed by atoms with van der Waals surface area (Å²) in [5.41, 5.74) is 0.500. The molecule has 4 rings (SSSR count). The molecule has 0 saturated carbocycles. The average Bonchev–Trinajstić information content (AvgIpc) is 2.99. The van der Waals surface area contributed by atoms with Crippen LogP contribution < -0.4 is 0 Å². The molecule has 2 aromatic rings. The minimum absolute atomic E-state index is 0.259. The van der Waals surface area contributed by atoms with Crippen LogP contribution in [0, 0.1) is 0 Å². The number of fused-ring (bicyclic) bond motifs is 1. The molecule has 0 aromatic heterocycles. The Balaban J connectivity index is 1.63. The summed E-state index contributed by atoms with van der Waals surface area (Å²) < 4.78 is 0. The number of likely N-dealkylation sites (tertiary alicyclic amines) is 1. The fourth-order valence-electron chi connectivity index (χ4n) is 4.04. The fraction of sp³-hybridized carbons (Fsp3) is 0.318. The third-order valence-corrected chi connectivity index (χ3v) is 5.80. The van der Waals surface area contributed by atoms with Gasteiger partial charge in [-0.15, -0.1) is 0 Å². The van der Waals surface area contributed by atoms with Gasteiger partial charge in [0.25, 0.3) is 11.8 Å². The summed E-state index contributed by atoms with van der Waals surface area (Å²) in [6, 6.07) is 16.0. The number of carbonyl (C=O) groups excluding carboxylic acids is 3. The summed E-state index contributed by atoms with van der Waals surface area (Å²) >= 11 is 0. The molecule has 0 aliphatic carbocycles. The first-order chi connectivity index (χ1) is 13.6. The van der Waals surface area contributed by atoms with Crippen LogP contribution in [0.4, 0.5) is 0 Å². The molecule has 0 atom stereocenters. The summed E-state index contributed by atoms with van der Waals surface area (Å²) in [5, 5.41) is 0.615. The number of hydrogen-bond donors (Lipinski definition) is 0. The molecule has 0 N–H and O–H groups in total. The third-order valence-electron chi connectivity index (χ3n) is 5.80. The Morgan fingerprint density at radius 1 is 0.929 bits per heavy atom. The minimum atomic E-state index is -0.873. The first-order valence-electron chi connectivity index (χ1n) is 9.55. The van der Waals surface area contributed by atoms with Crippen LogP contribution in [0.1, 0.15) is 46.0 Å². The highest BCUT2D eigenvalue weighted by Crippen LogP contribution is 2.38. The second kappa shape index (κ2) is 7.20. The zero-order valence-electron chi connectivity index (χ0n) is 15.8. The molecule has 0 spiro atoms. The van der Waals surface area contributed by atoms with Crippen molar-refractivity contribution in [1.82, 2.24) is 9.96 Å². The zero-order chi connectivity index (χ0) is 19.7. The first kappa shape index (κ1) is 18.4. The van der Waals surface area contributed by atoms with Crippen LogP contribution in [0.5, 0.6) is 0 Å². The van der Waals surface area contributed by atoms with Crippen LogP contribution in [-0.4, -0.2) is 47.4 Å². The van der Waals surface area contributed by atoms with Gasteiger partial charge in [0.05, 0.1) is 16.5 Å². The van der Waals surface area contributed by atoms with E-state index in [9.17, 15) is 14.4 Å². The maximum atomic E-state index is 13.3. The molecule has 2 amide bonds. The van der Waals surface area contributed by atoms with E-state index in [1.54, 1.807) is 24.3 Å². The summed E-state index contributed by atoms with van der Waals surface area (Å²) in [5.74, 6) is -1.74. The Hall–Kier alpha value is -2.99. The van der Waals surface area contributed by atoms with E-state index in [1.165, 1.54) is 0 Å². The molecule has 1 saturated heterocycles. The lowest BCUT2D eigenvalue weighted by Gasteiger charge is -2.40. The maximum absolute atomic E-state index is 13.3. The predicted molar refractivity (Wildman–Crippen MR) is 103 cm³/mol. The lowest BCUT2D eigenvalue weighted by atomic mass is 9.73. The van der Waals surface area contributed by atoms with Crippen molar-refractivity contribution in [2.75, 3.05) is 19.6 Å². The molecular weight excluding hydrogens is 356 g/mol. The minimum Gasteiger partial charge on any atom is -0.329 e. The summed E-state index contributed by atoms with van der Waals surface area (Å²) in [6.07, 6.45) is 1.15. The zero-order valence-corrected chi connectivity index (χ0v) is 15.8. The van der Waals surface area contributed by atoms with Gasteiger partial charge >= 0.3 is 5.97 Å². The molecule has 6 heteroatoms. The van der Waals surface area contributed by atoms with E-state index in [2.05, 4.69) is 11.8 Å². The smallest absolute Gasteiger partial charge is 0.329 e. The highest BCUT2D eigenvalue weighted by Gasteiger charge is 2.48. The maximum Gasteiger partial charge on any atom is 0.343 e. The van der Waals surface area contributed by atoms with Gasteiger partial charge < -0.3 is 9.74 Å². The summed E-state index contributed by atoms with van der Waals surface area (Å²) in [7, 11) is 0. The van der Waals surface area contributed by atoms with Gasteiger partial charge in [-0.3, -0.25) is 9.59 Å². The lowest BCUT2D eigenvalue weighted by molar-refractivity contribution is -0.178. The molecule has 6 nitrogen and oxygen atoms in total. The summed E-state index contributed by atoms with van der Waals surface area (Å²) in [4.78, 5) is 46.2. The lowest BCUT2D eigenvalue weighted by Crippen LogP contribution is -2.50. The second-order valence-corrected chi connectivity index (χ2v) is 7.21. The Bertz CT molecular complexity index is 882. The Morgan fingerprint density at radius 3 is 2.00 bits per heavy atom. The number of benzene rings is 2. The quantitative estimate of drug-likeness (QED) is 0.766. The van der Waals surface area contributed by atoms with E-state index >= 15 is 0 Å². The van der Waals surface area contributed by atoms with E-state index in [0.717, 1.165) is 25.2 Å². The van der Waals surface area contributed by atoms with E-state index < -0.39 is 23.2 Å². The van der Waals surface area contributed by atoms with Gasteiger partial charge in [-0.25, -0.2) is 4.79 Å². The van der Waals surface area contributed by atoms with Crippen LogP contribution in [0.15, 0.2) is 54.6 Å². The topological polar surface area (TPSA) is 66.9 Å². The third kappa shape index (κ3) is 2.90. The highest BCUT2D eigenvalue weighted by atomic mass is 16.7. The van der Waals surface area contributed by atoms with Gasteiger partial charge in [0.15, 0.2) is 0 Å². The van der Waals surface area contributed by atoms with Crippen molar-refractivity contribution in [3.8, 4) is 0 Å². The molecule has 0 radical (unpaired) electrons. The molecule has 0 bridgehead atoms. The molecule has 28 heavy (non-hydrogen) atoms. The largest absolute Gasteiger partial charge is 0.343 e. The average molecular weight is 378 g/mol. The predicted octanol–water partition coefficient (Wildman–Crippen LogP) is 2.79. The number of rotatable bonds is 4. The fourth-order valence-corrected chi connectivity index (χ4v) is 4.04. The second-order valence-electron chi connectivity index (χ2n) is 7.21. The number of nitrogens with zero attached hydrogens (tertiary/aromatic N) is 2. The van der Waals surface area contributed by atoms with Crippen LogP contribution in [0.25, 0.3) is 0 Å². The van der Waals surface area contributed by atoms with Crippen LogP contribution in [-0.2, 0) is 15.0 Å². The monoisotopic (exact) mass is 378 g/mol. The van der Waals surface area contributed by atoms with Crippen molar-refractivity contribution in [2.45, 2.75) is 25.2 Å². The molecule has 2 aliphatic rings. The van der Waals surface area contributed by atoms with Gasteiger partial charge in [-0.05, 0) is 50.2 Å². The number of imide groups is 1. The van der Waals surface area contributed by atoms with Gasteiger partial charge in [0.2, 0.25) is 0 Å². The normalized spacial score (nSPS) is 18.8. The Kier molecular flexibility index (Phi) is 4.73. The van der Waals surface area contributed by atoms with Gasteiger partial charge in [0, 0.05) is 0 Å². The Morgan fingerprint density at radius 2 is 1.46 bits per heavy atom. The van der Waals surface area contributed by atoms with E-state index in [1.807, 2.05) is 30.3 Å². The van der Waals surface area contributed by atoms with Gasteiger partial charge in [-0.2, -0.15) is 0 Å². The first-order valence-corrected chi connectivity index (χ1v) is 9.55. The van der Waals surface area contributed by atoms with Crippen molar-refractivity contribution in [3.63, 3.8) is 0 Å². The number of amides is 2. The van der Waals surface area contributed by atoms with Crippen molar-refractivity contribution < 1.29 is 19.2 Å². The van der Waals surface area contributed by atoms with E-state index in [-0.39, 0.29) is 11.1 Å².